The van der Waals surface area contributed by atoms with E-state index < -0.39 is 124 Å². The summed E-state index contributed by atoms with van der Waals surface area (Å²) in [6.07, 6.45) is 20.7. The fraction of sp³-hybridized carbons (Fsp3) is 0.776. The Morgan fingerprint density at radius 1 is 0.481 bits per heavy atom. The van der Waals surface area contributed by atoms with Gasteiger partial charge in [0.25, 0.3) is 0 Å². The summed E-state index contributed by atoms with van der Waals surface area (Å²) in [5.74, 6) is -0.264. The van der Waals surface area contributed by atoms with Crippen LogP contribution in [-0.2, 0) is 33.2 Å². The minimum atomic E-state index is -1.97. The molecule has 19 heteroatoms. The largest absolute Gasteiger partial charge is 0.394 e. The van der Waals surface area contributed by atoms with Crippen molar-refractivity contribution in [2.45, 2.75) is 259 Å². The number of carbonyl (C=O) groups is 1. The second-order valence-corrected chi connectivity index (χ2v) is 20.4. The van der Waals surface area contributed by atoms with Crippen LogP contribution in [0.1, 0.15) is 155 Å². The van der Waals surface area contributed by atoms with Crippen LogP contribution in [0.4, 0.5) is 0 Å². The lowest BCUT2D eigenvalue weighted by molar-refractivity contribution is -0.379. The van der Waals surface area contributed by atoms with Crippen molar-refractivity contribution < 1.29 is 89.4 Å². The van der Waals surface area contributed by atoms with Crippen molar-refractivity contribution in [1.29, 1.82) is 0 Å². The molecule has 0 aromatic heterocycles. The molecule has 0 bridgehead atoms. The van der Waals surface area contributed by atoms with Gasteiger partial charge in [-0.1, -0.05) is 157 Å². The summed E-state index contributed by atoms with van der Waals surface area (Å²) < 4.78 is 34.1. The minimum Gasteiger partial charge on any atom is -0.394 e. The molecule has 3 aliphatic rings. The SMILES string of the molecule is CC/C=C\C/C=C\C/C=C\C/C=C\C/C=C\C/C=C\CCCCCCCCCCC(=O)NC(COC1OC(CO)C(OC2OC(CO)C(OC3OC(CO)C(O)C(O)C3O)C(O)C2O)C(O)C1O)C(O)CCCCCCC. The molecular formula is C58H99NO18. The number of unbranched alkanes of at least 4 members (excludes halogenated alkanes) is 12. The number of allylic oxidation sites excluding steroid dienone is 12. The second-order valence-electron chi connectivity index (χ2n) is 20.4. The first-order chi connectivity index (χ1) is 37.3. The van der Waals surface area contributed by atoms with Gasteiger partial charge in [0.05, 0.1) is 38.6 Å². The second kappa shape index (κ2) is 41.3. The van der Waals surface area contributed by atoms with E-state index in [-0.39, 0.29) is 18.9 Å². The summed E-state index contributed by atoms with van der Waals surface area (Å²) in [6, 6.07) is -0.892. The first-order valence-corrected chi connectivity index (χ1v) is 28.7. The number of aliphatic hydroxyl groups is 11. The third-order valence-corrected chi connectivity index (χ3v) is 14.0. The number of ether oxygens (including phenoxy) is 6. The highest BCUT2D eigenvalue weighted by Gasteiger charge is 2.53. The van der Waals surface area contributed by atoms with E-state index in [1.54, 1.807) is 0 Å². The maximum atomic E-state index is 13.2. The first-order valence-electron chi connectivity index (χ1n) is 28.7. The van der Waals surface area contributed by atoms with Crippen molar-refractivity contribution in [2.24, 2.45) is 0 Å². The van der Waals surface area contributed by atoms with Gasteiger partial charge in [-0.3, -0.25) is 4.79 Å². The van der Waals surface area contributed by atoms with Crippen LogP contribution < -0.4 is 5.32 Å². The predicted molar refractivity (Wildman–Crippen MR) is 291 cm³/mol. The van der Waals surface area contributed by atoms with Crippen molar-refractivity contribution in [3.05, 3.63) is 72.9 Å². The molecule has 0 spiro atoms. The highest BCUT2D eigenvalue weighted by atomic mass is 16.8. The molecule has 1 amide bonds. The first kappa shape index (κ1) is 68.5. The molecule has 0 radical (unpaired) electrons. The molecule has 3 aliphatic heterocycles. The summed E-state index contributed by atoms with van der Waals surface area (Å²) in [5, 5.41) is 119. The molecule has 444 valence electrons. The van der Waals surface area contributed by atoms with E-state index in [1.165, 1.54) is 19.3 Å². The van der Waals surface area contributed by atoms with E-state index in [0.717, 1.165) is 96.3 Å². The number of rotatable bonds is 40. The van der Waals surface area contributed by atoms with Gasteiger partial charge in [-0.15, -0.1) is 0 Å². The fourth-order valence-corrected chi connectivity index (χ4v) is 9.31. The number of amides is 1. The Labute approximate surface area is 458 Å². The average Bonchev–Trinajstić information content (AvgIpc) is 3.42. The Hall–Kier alpha value is -2.77. The molecule has 77 heavy (non-hydrogen) atoms. The zero-order valence-electron chi connectivity index (χ0n) is 45.9. The predicted octanol–water partition coefficient (Wildman–Crippen LogP) is 4.26. The lowest BCUT2D eigenvalue weighted by Gasteiger charge is -2.48. The molecule has 17 atom stereocenters. The quantitative estimate of drug-likeness (QED) is 0.0301. The van der Waals surface area contributed by atoms with Crippen molar-refractivity contribution in [3.8, 4) is 0 Å². The van der Waals surface area contributed by atoms with E-state index >= 15 is 0 Å². The van der Waals surface area contributed by atoms with Crippen LogP contribution in [0.5, 0.6) is 0 Å². The number of hydrogen-bond acceptors (Lipinski definition) is 18. The van der Waals surface area contributed by atoms with Crippen molar-refractivity contribution in [2.75, 3.05) is 26.4 Å². The maximum absolute atomic E-state index is 13.2. The lowest BCUT2D eigenvalue weighted by atomic mass is 9.96. The van der Waals surface area contributed by atoms with E-state index in [0.29, 0.717) is 19.3 Å². The topological polar surface area (TPSA) is 307 Å². The van der Waals surface area contributed by atoms with E-state index in [2.05, 4.69) is 92.1 Å². The van der Waals surface area contributed by atoms with Gasteiger partial charge >= 0.3 is 0 Å². The number of nitrogens with one attached hydrogen (secondary N) is 1. The molecule has 0 saturated carbocycles. The minimum absolute atomic E-state index is 0.250. The van der Waals surface area contributed by atoms with Crippen molar-refractivity contribution >= 4 is 5.91 Å². The molecule has 0 aromatic carbocycles. The van der Waals surface area contributed by atoms with E-state index in [4.69, 9.17) is 28.4 Å². The Morgan fingerprint density at radius 2 is 0.896 bits per heavy atom. The summed E-state index contributed by atoms with van der Waals surface area (Å²) >= 11 is 0. The van der Waals surface area contributed by atoms with Gasteiger partial charge in [0, 0.05) is 6.42 Å². The molecular weight excluding hydrogens is 999 g/mol. The monoisotopic (exact) mass is 1100 g/mol. The number of hydrogen-bond donors (Lipinski definition) is 12. The maximum Gasteiger partial charge on any atom is 0.220 e. The molecule has 12 N–H and O–H groups in total. The third-order valence-electron chi connectivity index (χ3n) is 14.0. The van der Waals surface area contributed by atoms with Gasteiger partial charge in [-0.2, -0.15) is 0 Å². The molecule has 19 nitrogen and oxygen atoms in total. The van der Waals surface area contributed by atoms with Gasteiger partial charge < -0.3 is 89.9 Å². The molecule has 0 aromatic rings. The standard InChI is InChI=1S/C58H99NO18/c1-3-5-7-9-10-11-12-13-14-15-16-17-18-19-20-21-22-23-24-25-26-27-28-29-30-32-34-36-46(64)59-41(42(63)35-33-31-8-6-4-2)40-72-56-52(70)49(67)54(44(38-61)74-56)77-58-53(71)50(68)55(45(39-62)75-58)76-57-51(69)48(66)47(65)43(37-60)73-57/h5,7,10-11,13-14,16-17,19-20,22-23,41-45,47-58,60-63,65-71H,3-4,6,8-9,12,15,18,21,24-40H2,1-2H3,(H,59,64)/b7-5-,11-10-,14-13-,17-16-,20-19-,23-22-. The van der Waals surface area contributed by atoms with Crippen LogP contribution in [0.25, 0.3) is 0 Å². The molecule has 3 saturated heterocycles. The van der Waals surface area contributed by atoms with Crippen LogP contribution >= 0.6 is 0 Å². The highest BCUT2D eigenvalue weighted by Crippen LogP contribution is 2.33. The van der Waals surface area contributed by atoms with Crippen LogP contribution in [0.15, 0.2) is 72.9 Å². The normalized spacial score (nSPS) is 31.3. The summed E-state index contributed by atoms with van der Waals surface area (Å²) in [4.78, 5) is 13.2. The van der Waals surface area contributed by atoms with Gasteiger partial charge in [-0.25, -0.2) is 0 Å². The van der Waals surface area contributed by atoms with Crippen LogP contribution in [-0.4, -0.2) is 193 Å². The Kier molecular flexibility index (Phi) is 36.7. The molecule has 3 rings (SSSR count). The molecule has 3 fully saturated rings. The number of aliphatic hydroxyl groups excluding tert-OH is 11. The fourth-order valence-electron chi connectivity index (χ4n) is 9.31. The van der Waals surface area contributed by atoms with E-state index in [9.17, 15) is 61.0 Å². The molecule has 0 aliphatic carbocycles. The third kappa shape index (κ3) is 25.7. The van der Waals surface area contributed by atoms with Crippen molar-refractivity contribution in [1.82, 2.24) is 5.32 Å². The zero-order chi connectivity index (χ0) is 56.2. The average molecular weight is 1100 g/mol. The van der Waals surface area contributed by atoms with Crippen LogP contribution in [0.2, 0.25) is 0 Å². The van der Waals surface area contributed by atoms with Gasteiger partial charge in [0.2, 0.25) is 5.91 Å². The Morgan fingerprint density at radius 3 is 1.40 bits per heavy atom. The summed E-state index contributed by atoms with van der Waals surface area (Å²) in [7, 11) is 0. The van der Waals surface area contributed by atoms with Gasteiger partial charge in [0.15, 0.2) is 18.9 Å². The van der Waals surface area contributed by atoms with Gasteiger partial charge in [0.1, 0.15) is 73.2 Å². The van der Waals surface area contributed by atoms with Crippen molar-refractivity contribution in [3.63, 3.8) is 0 Å². The van der Waals surface area contributed by atoms with Gasteiger partial charge in [-0.05, 0) is 64.2 Å². The van der Waals surface area contributed by atoms with Crippen LogP contribution in [0, 0.1) is 0 Å². The molecule has 3 heterocycles. The molecule has 17 unspecified atom stereocenters. The summed E-state index contributed by atoms with van der Waals surface area (Å²) in [5.41, 5.74) is 0. The Balaban J connectivity index is 1.38. The Bertz CT molecular complexity index is 1690. The lowest BCUT2D eigenvalue weighted by Crippen LogP contribution is -2.66. The number of carbonyl (C=O) groups excluding carboxylic acids is 1. The smallest absolute Gasteiger partial charge is 0.220 e. The highest BCUT2D eigenvalue weighted by molar-refractivity contribution is 5.76. The zero-order valence-corrected chi connectivity index (χ0v) is 45.9. The van der Waals surface area contributed by atoms with E-state index in [1.807, 2.05) is 0 Å². The van der Waals surface area contributed by atoms with Crippen LogP contribution in [0.3, 0.4) is 0 Å². The summed E-state index contributed by atoms with van der Waals surface area (Å²) in [6.45, 7) is 1.53.